The predicted molar refractivity (Wildman–Crippen MR) is 86.3 cm³/mol. The number of rotatable bonds is 5. The van der Waals surface area contributed by atoms with E-state index in [1.165, 1.54) is 14.0 Å². The molecule has 0 N–H and O–H groups in total. The van der Waals surface area contributed by atoms with E-state index in [0.717, 1.165) is 11.1 Å². The van der Waals surface area contributed by atoms with E-state index in [4.69, 9.17) is 19.0 Å². The van der Waals surface area contributed by atoms with Crippen LogP contribution in [-0.4, -0.2) is 38.5 Å². The van der Waals surface area contributed by atoms with Gasteiger partial charge < -0.3 is 19.0 Å². The Bertz CT molecular complexity index is 667. The van der Waals surface area contributed by atoms with E-state index in [1.807, 2.05) is 6.07 Å². The van der Waals surface area contributed by atoms with Crippen LogP contribution in [0.4, 0.5) is 0 Å². The molecule has 0 spiro atoms. The lowest BCUT2D eigenvalue weighted by atomic mass is 9.82. The normalized spacial score (nSPS) is 17.8. The summed E-state index contributed by atoms with van der Waals surface area (Å²) < 4.78 is 15.9. The molecule has 1 aromatic carbocycles. The van der Waals surface area contributed by atoms with Crippen LogP contribution < -0.4 is 9.47 Å². The number of oxime groups is 1. The summed E-state index contributed by atoms with van der Waals surface area (Å²) in [7, 11) is 3.08. The Balaban J connectivity index is 2.50. The summed E-state index contributed by atoms with van der Waals surface area (Å²) in [5.41, 5.74) is 2.06. The first-order valence-electron chi connectivity index (χ1n) is 7.67. The molecule has 0 amide bonds. The first kappa shape index (κ1) is 17.8. The van der Waals surface area contributed by atoms with Crippen LogP contribution in [0.25, 0.3) is 0 Å². The molecule has 1 atom stereocenters. The van der Waals surface area contributed by atoms with E-state index >= 15 is 0 Å². The molecule has 0 fully saturated rings. The highest BCUT2D eigenvalue weighted by Gasteiger charge is 2.33. The number of esters is 1. The number of carbonyl (C=O) groups excluding carboxylic acids is 2. The summed E-state index contributed by atoms with van der Waals surface area (Å²) in [6, 6.07) is 3.58. The summed E-state index contributed by atoms with van der Waals surface area (Å²) in [4.78, 5) is 28.0. The average Bonchev–Trinajstić information content (AvgIpc) is 2.58. The second-order valence-electron chi connectivity index (χ2n) is 5.31. The van der Waals surface area contributed by atoms with Crippen molar-refractivity contribution in [3.05, 3.63) is 23.3 Å². The van der Waals surface area contributed by atoms with Crippen molar-refractivity contribution in [2.45, 2.75) is 26.7 Å². The fourth-order valence-electron chi connectivity index (χ4n) is 2.76. The topological polar surface area (TPSA) is 83.4 Å². The third kappa shape index (κ3) is 3.67. The molecule has 1 unspecified atom stereocenters. The number of ether oxygens (including phenoxy) is 3. The Morgan fingerprint density at radius 3 is 2.54 bits per heavy atom. The maximum atomic E-state index is 12.2. The molecule has 0 radical (unpaired) electrons. The van der Waals surface area contributed by atoms with Crippen molar-refractivity contribution in [1.29, 1.82) is 0 Å². The monoisotopic (exact) mass is 335 g/mol. The van der Waals surface area contributed by atoms with Crippen molar-refractivity contribution in [2.75, 3.05) is 20.8 Å². The van der Waals surface area contributed by atoms with Gasteiger partial charge in [0.2, 0.25) is 0 Å². The van der Waals surface area contributed by atoms with E-state index in [1.54, 1.807) is 20.1 Å². The van der Waals surface area contributed by atoms with E-state index < -0.39 is 11.9 Å². The molecule has 24 heavy (non-hydrogen) atoms. The van der Waals surface area contributed by atoms with Crippen molar-refractivity contribution < 1.29 is 28.6 Å². The quantitative estimate of drug-likeness (QED) is 0.465. The van der Waals surface area contributed by atoms with Gasteiger partial charge in [-0.05, 0) is 25.5 Å². The van der Waals surface area contributed by atoms with Crippen molar-refractivity contribution in [2.24, 2.45) is 11.1 Å². The Morgan fingerprint density at radius 2 is 1.96 bits per heavy atom. The molecule has 0 bridgehead atoms. The number of methoxy groups -OCH3 is 2. The van der Waals surface area contributed by atoms with Gasteiger partial charge in [-0.3, -0.25) is 4.79 Å². The highest BCUT2D eigenvalue weighted by atomic mass is 16.7. The number of benzene rings is 1. The fourth-order valence-corrected chi connectivity index (χ4v) is 2.76. The molecule has 1 aromatic rings. The van der Waals surface area contributed by atoms with Gasteiger partial charge >= 0.3 is 11.9 Å². The molecule has 0 saturated carbocycles. The van der Waals surface area contributed by atoms with Crippen LogP contribution in [0.1, 0.15) is 31.4 Å². The highest BCUT2D eigenvalue weighted by molar-refractivity contribution is 6.05. The molecule has 1 aliphatic rings. The van der Waals surface area contributed by atoms with Crippen LogP contribution in [0.2, 0.25) is 0 Å². The lowest BCUT2D eigenvalue weighted by Crippen LogP contribution is -2.29. The highest BCUT2D eigenvalue weighted by Crippen LogP contribution is 2.39. The number of hydrogen-bond donors (Lipinski definition) is 0. The van der Waals surface area contributed by atoms with Gasteiger partial charge in [-0.2, -0.15) is 0 Å². The summed E-state index contributed by atoms with van der Waals surface area (Å²) in [6.45, 7) is 3.32. The molecule has 0 aromatic heterocycles. The average molecular weight is 335 g/mol. The summed E-state index contributed by atoms with van der Waals surface area (Å²) in [5.74, 6) is -0.161. The second-order valence-corrected chi connectivity index (χ2v) is 5.31. The van der Waals surface area contributed by atoms with E-state index in [0.29, 0.717) is 36.7 Å². The minimum atomic E-state index is -0.525. The SMILES string of the molecule is CCOC(=O)C1C/C(=N\OC(C)=O)c2ccc(OC)c(OC)c2C1. The van der Waals surface area contributed by atoms with Crippen LogP contribution in [0.15, 0.2) is 17.3 Å². The van der Waals surface area contributed by atoms with Gasteiger partial charge in [0.25, 0.3) is 0 Å². The second kappa shape index (κ2) is 7.81. The van der Waals surface area contributed by atoms with Gasteiger partial charge in [0.1, 0.15) is 0 Å². The zero-order valence-corrected chi connectivity index (χ0v) is 14.3. The standard InChI is InChI=1S/C17H21NO6/c1-5-23-17(20)11-8-13-12(14(9-11)18-24-10(2)19)6-7-15(21-3)16(13)22-4/h6-7,11H,5,8-9H2,1-4H3/b18-14+. The van der Waals surface area contributed by atoms with Crippen LogP contribution in [0, 0.1) is 5.92 Å². The predicted octanol–water partition coefficient (Wildman–Crippen LogP) is 2.10. The van der Waals surface area contributed by atoms with Gasteiger partial charge in [0.05, 0.1) is 32.5 Å². The van der Waals surface area contributed by atoms with Gasteiger partial charge in [-0.25, -0.2) is 4.79 Å². The van der Waals surface area contributed by atoms with E-state index in [2.05, 4.69) is 5.16 Å². The van der Waals surface area contributed by atoms with Gasteiger partial charge in [0.15, 0.2) is 11.5 Å². The largest absolute Gasteiger partial charge is 0.493 e. The fraction of sp³-hybridized carbons (Fsp3) is 0.471. The lowest BCUT2D eigenvalue weighted by molar-refractivity contribution is -0.147. The van der Waals surface area contributed by atoms with Crippen molar-refractivity contribution >= 4 is 17.7 Å². The molecular weight excluding hydrogens is 314 g/mol. The third-order valence-electron chi connectivity index (χ3n) is 3.75. The first-order chi connectivity index (χ1) is 11.5. The maximum Gasteiger partial charge on any atom is 0.331 e. The molecule has 7 heteroatoms. The molecule has 2 rings (SSSR count). The minimum absolute atomic E-state index is 0.299. The Kier molecular flexibility index (Phi) is 5.78. The molecule has 0 saturated heterocycles. The molecule has 1 aliphatic carbocycles. The van der Waals surface area contributed by atoms with Crippen LogP contribution in [0.5, 0.6) is 11.5 Å². The number of fused-ring (bicyclic) bond motifs is 1. The molecule has 130 valence electrons. The Hall–Kier alpha value is -2.57. The zero-order valence-electron chi connectivity index (χ0n) is 14.3. The number of carbonyl (C=O) groups is 2. The van der Waals surface area contributed by atoms with Crippen LogP contribution in [0.3, 0.4) is 0 Å². The molecule has 0 heterocycles. The Morgan fingerprint density at radius 1 is 1.21 bits per heavy atom. The van der Waals surface area contributed by atoms with Crippen LogP contribution in [-0.2, 0) is 25.6 Å². The Labute approximate surface area is 140 Å². The van der Waals surface area contributed by atoms with Gasteiger partial charge in [0, 0.05) is 24.5 Å². The number of hydrogen-bond acceptors (Lipinski definition) is 7. The smallest absolute Gasteiger partial charge is 0.331 e. The minimum Gasteiger partial charge on any atom is -0.493 e. The van der Waals surface area contributed by atoms with E-state index in [-0.39, 0.29) is 5.97 Å². The first-order valence-corrected chi connectivity index (χ1v) is 7.67. The van der Waals surface area contributed by atoms with Crippen molar-refractivity contribution in [3.63, 3.8) is 0 Å². The van der Waals surface area contributed by atoms with Crippen molar-refractivity contribution in [3.8, 4) is 11.5 Å². The van der Waals surface area contributed by atoms with Crippen LogP contribution >= 0.6 is 0 Å². The molecular formula is C17H21NO6. The third-order valence-corrected chi connectivity index (χ3v) is 3.75. The molecule has 7 nitrogen and oxygen atoms in total. The summed E-state index contributed by atoms with van der Waals surface area (Å²) >= 11 is 0. The van der Waals surface area contributed by atoms with Gasteiger partial charge in [-0.15, -0.1) is 0 Å². The maximum absolute atomic E-state index is 12.2. The summed E-state index contributed by atoms with van der Waals surface area (Å²) in [6.07, 6.45) is 0.766. The van der Waals surface area contributed by atoms with E-state index in [9.17, 15) is 9.59 Å². The van der Waals surface area contributed by atoms with Crippen molar-refractivity contribution in [1.82, 2.24) is 0 Å². The zero-order chi connectivity index (χ0) is 17.7. The summed E-state index contributed by atoms with van der Waals surface area (Å²) in [5, 5.41) is 3.91. The lowest BCUT2D eigenvalue weighted by Gasteiger charge is -2.26. The van der Waals surface area contributed by atoms with Gasteiger partial charge in [-0.1, -0.05) is 5.16 Å². The molecule has 0 aliphatic heterocycles. The number of nitrogens with zero attached hydrogens (tertiary/aromatic N) is 1.